The molecule has 6 nitrogen and oxygen atoms in total. The Morgan fingerprint density at radius 3 is 1.82 bits per heavy atom. The first-order chi connectivity index (χ1) is 18.6. The molecule has 0 unspecified atom stereocenters. The van der Waals surface area contributed by atoms with E-state index in [0.717, 1.165) is 64.6 Å². The van der Waals surface area contributed by atoms with Crippen LogP contribution in [0.4, 0.5) is 0 Å². The molecule has 0 bridgehead atoms. The van der Waals surface area contributed by atoms with Gasteiger partial charge in [0.25, 0.3) is 0 Å². The van der Waals surface area contributed by atoms with Crippen LogP contribution in [0.25, 0.3) is 22.5 Å². The summed E-state index contributed by atoms with van der Waals surface area (Å²) in [6, 6.07) is 12.1. The van der Waals surface area contributed by atoms with Gasteiger partial charge in [-0.2, -0.15) is 0 Å². The van der Waals surface area contributed by atoms with E-state index < -0.39 is 0 Å². The summed E-state index contributed by atoms with van der Waals surface area (Å²) in [4.78, 5) is 27.7. The Balaban J connectivity index is 2.11. The van der Waals surface area contributed by atoms with Gasteiger partial charge in [0.05, 0.1) is 40.6 Å². The summed E-state index contributed by atoms with van der Waals surface area (Å²) in [5, 5.41) is 9.26. The molecule has 1 N–H and O–H groups in total. The lowest BCUT2D eigenvalue weighted by Gasteiger charge is -2.17. The number of nitrogens with zero attached hydrogens (tertiary/aromatic N) is 3. The summed E-state index contributed by atoms with van der Waals surface area (Å²) in [6.45, 7) is 15.4. The van der Waals surface area contributed by atoms with Crippen molar-refractivity contribution >= 4 is 5.97 Å². The van der Waals surface area contributed by atoms with Gasteiger partial charge in [0, 0.05) is 23.4 Å². The standard InChI is InChI=1S/C33H45N3O3/c1-8-39-33(38)27-14-16-29(36-32(27)20-23(6)7)26-13-15-28(35-31(26)19-22(4)5)25-12-11-24(10-9-17-37)34-30(25)18-21(2)3/h11-16,21-23,37H,8-10,17-20H2,1-7H3. The van der Waals surface area contributed by atoms with Crippen molar-refractivity contribution in [2.45, 2.75) is 80.6 Å². The Kier molecular flexibility index (Phi) is 11.2. The van der Waals surface area contributed by atoms with E-state index in [1.165, 1.54) is 0 Å². The highest BCUT2D eigenvalue weighted by Gasteiger charge is 2.20. The summed E-state index contributed by atoms with van der Waals surface area (Å²) in [5.74, 6) is 0.897. The van der Waals surface area contributed by atoms with Crippen LogP contribution in [0, 0.1) is 17.8 Å². The average Bonchev–Trinajstić information content (AvgIpc) is 2.86. The predicted molar refractivity (Wildman–Crippen MR) is 158 cm³/mol. The molecule has 0 amide bonds. The summed E-state index contributed by atoms with van der Waals surface area (Å²) < 4.78 is 5.30. The molecule has 6 heteroatoms. The number of carbonyl (C=O) groups excluding carboxylic acids is 1. The van der Waals surface area contributed by atoms with E-state index in [2.05, 4.69) is 65.8 Å². The molecule has 0 aromatic carbocycles. The molecule has 0 aliphatic carbocycles. The first-order valence-corrected chi connectivity index (χ1v) is 14.4. The van der Waals surface area contributed by atoms with Crippen LogP contribution in [0.3, 0.4) is 0 Å². The zero-order chi connectivity index (χ0) is 28.5. The number of rotatable bonds is 13. The van der Waals surface area contributed by atoms with Crippen molar-refractivity contribution in [3.63, 3.8) is 0 Å². The largest absolute Gasteiger partial charge is 0.462 e. The molecule has 0 aliphatic heterocycles. The second kappa shape index (κ2) is 14.3. The number of esters is 1. The number of aryl methyl sites for hydroxylation is 1. The van der Waals surface area contributed by atoms with E-state index in [0.29, 0.717) is 42.8 Å². The molecular formula is C33H45N3O3. The number of carbonyl (C=O) groups is 1. The maximum atomic E-state index is 12.6. The van der Waals surface area contributed by atoms with E-state index in [4.69, 9.17) is 19.7 Å². The molecule has 0 atom stereocenters. The molecule has 0 fully saturated rings. The fraction of sp³-hybridized carbons (Fsp3) is 0.515. The molecule has 0 aliphatic rings. The average molecular weight is 532 g/mol. The molecule has 210 valence electrons. The number of hydrogen-bond acceptors (Lipinski definition) is 6. The highest BCUT2D eigenvalue weighted by Crippen LogP contribution is 2.30. The minimum absolute atomic E-state index is 0.165. The van der Waals surface area contributed by atoms with Crippen LogP contribution in [0.1, 0.15) is 88.0 Å². The molecule has 3 aromatic heterocycles. The third kappa shape index (κ3) is 8.43. The molecule has 39 heavy (non-hydrogen) atoms. The van der Waals surface area contributed by atoms with Crippen molar-refractivity contribution in [1.82, 2.24) is 15.0 Å². The van der Waals surface area contributed by atoms with Crippen LogP contribution >= 0.6 is 0 Å². The Morgan fingerprint density at radius 1 is 0.744 bits per heavy atom. The van der Waals surface area contributed by atoms with Crippen molar-refractivity contribution in [3.8, 4) is 22.5 Å². The fourth-order valence-corrected chi connectivity index (χ4v) is 4.74. The molecule has 3 heterocycles. The number of aromatic nitrogens is 3. The molecule has 0 saturated heterocycles. The number of aliphatic hydroxyl groups is 1. The Morgan fingerprint density at radius 2 is 1.26 bits per heavy atom. The number of aliphatic hydroxyl groups excluding tert-OH is 1. The summed E-state index contributed by atoms with van der Waals surface area (Å²) in [7, 11) is 0. The Labute approximate surface area is 234 Å². The lowest BCUT2D eigenvalue weighted by molar-refractivity contribution is 0.0524. The van der Waals surface area contributed by atoms with Gasteiger partial charge in [-0.15, -0.1) is 0 Å². The van der Waals surface area contributed by atoms with Gasteiger partial charge in [0.2, 0.25) is 0 Å². The minimum atomic E-state index is -0.323. The number of pyridine rings is 3. The van der Waals surface area contributed by atoms with Crippen LogP contribution < -0.4 is 0 Å². The molecule has 0 saturated carbocycles. The zero-order valence-corrected chi connectivity index (χ0v) is 24.8. The lowest BCUT2D eigenvalue weighted by atomic mass is 9.96. The second-order valence-corrected chi connectivity index (χ2v) is 11.5. The van der Waals surface area contributed by atoms with Crippen LogP contribution in [0.15, 0.2) is 36.4 Å². The quantitative estimate of drug-likeness (QED) is 0.241. The van der Waals surface area contributed by atoms with Gasteiger partial charge >= 0.3 is 5.97 Å². The third-order valence-corrected chi connectivity index (χ3v) is 6.42. The minimum Gasteiger partial charge on any atom is -0.462 e. The van der Waals surface area contributed by atoms with Gasteiger partial charge < -0.3 is 9.84 Å². The van der Waals surface area contributed by atoms with Crippen LogP contribution in [-0.4, -0.2) is 39.2 Å². The van der Waals surface area contributed by atoms with E-state index in [9.17, 15) is 9.90 Å². The maximum absolute atomic E-state index is 12.6. The van der Waals surface area contributed by atoms with E-state index >= 15 is 0 Å². The van der Waals surface area contributed by atoms with Gasteiger partial charge in [0.1, 0.15) is 0 Å². The van der Waals surface area contributed by atoms with E-state index in [1.54, 1.807) is 0 Å². The van der Waals surface area contributed by atoms with Crippen LogP contribution in [-0.2, 0) is 30.4 Å². The van der Waals surface area contributed by atoms with Crippen molar-refractivity contribution < 1.29 is 14.6 Å². The first kappa shape index (κ1) is 30.4. The Hall–Kier alpha value is -3.12. The maximum Gasteiger partial charge on any atom is 0.339 e. The van der Waals surface area contributed by atoms with Gasteiger partial charge in [-0.25, -0.2) is 4.79 Å². The topological polar surface area (TPSA) is 85.2 Å². The summed E-state index contributed by atoms with van der Waals surface area (Å²) >= 11 is 0. The Bertz CT molecular complexity index is 1250. The van der Waals surface area contributed by atoms with E-state index in [-0.39, 0.29) is 12.6 Å². The van der Waals surface area contributed by atoms with Gasteiger partial charge in [-0.05, 0) is 93.2 Å². The van der Waals surface area contributed by atoms with Crippen molar-refractivity contribution in [3.05, 3.63) is 64.7 Å². The second-order valence-electron chi connectivity index (χ2n) is 11.5. The SMILES string of the molecule is CCOC(=O)c1ccc(-c2ccc(-c3ccc(CCCO)nc3CC(C)C)nc2CC(C)C)nc1CC(C)C. The third-order valence-electron chi connectivity index (χ3n) is 6.42. The predicted octanol–water partition coefficient (Wildman–Crippen LogP) is 6.90. The van der Waals surface area contributed by atoms with Gasteiger partial charge in [-0.3, -0.25) is 15.0 Å². The summed E-state index contributed by atoms with van der Waals surface area (Å²) in [6.07, 6.45) is 3.84. The van der Waals surface area contributed by atoms with Crippen LogP contribution in [0.5, 0.6) is 0 Å². The molecule has 3 rings (SSSR count). The van der Waals surface area contributed by atoms with Crippen molar-refractivity contribution in [1.29, 1.82) is 0 Å². The van der Waals surface area contributed by atoms with Crippen LogP contribution in [0.2, 0.25) is 0 Å². The number of ether oxygens (including phenoxy) is 1. The smallest absolute Gasteiger partial charge is 0.339 e. The first-order valence-electron chi connectivity index (χ1n) is 14.4. The molecule has 0 spiro atoms. The lowest BCUT2D eigenvalue weighted by Crippen LogP contribution is -2.12. The molecule has 0 radical (unpaired) electrons. The zero-order valence-electron chi connectivity index (χ0n) is 24.8. The molecule has 3 aromatic rings. The van der Waals surface area contributed by atoms with Gasteiger partial charge in [-0.1, -0.05) is 41.5 Å². The highest BCUT2D eigenvalue weighted by molar-refractivity contribution is 5.91. The number of hydrogen-bond donors (Lipinski definition) is 1. The van der Waals surface area contributed by atoms with Crippen molar-refractivity contribution in [2.24, 2.45) is 17.8 Å². The fourth-order valence-electron chi connectivity index (χ4n) is 4.74. The van der Waals surface area contributed by atoms with Crippen molar-refractivity contribution in [2.75, 3.05) is 13.2 Å². The summed E-state index contributed by atoms with van der Waals surface area (Å²) in [5.41, 5.74) is 8.14. The highest BCUT2D eigenvalue weighted by atomic mass is 16.5. The van der Waals surface area contributed by atoms with Gasteiger partial charge in [0.15, 0.2) is 0 Å². The monoisotopic (exact) mass is 531 g/mol. The molecular weight excluding hydrogens is 486 g/mol. The van der Waals surface area contributed by atoms with E-state index in [1.807, 2.05) is 19.1 Å². The normalized spacial score (nSPS) is 11.6.